The fourth-order valence-corrected chi connectivity index (χ4v) is 2.71. The third-order valence-corrected chi connectivity index (χ3v) is 4.27. The van der Waals surface area contributed by atoms with E-state index in [1.165, 1.54) is 0 Å². The Bertz CT molecular complexity index is 1140. The molecule has 0 saturated heterocycles. The number of rotatable bonds is 5. The Morgan fingerprint density at radius 3 is 2.13 bits per heavy atom. The number of ether oxygens (including phenoxy) is 1. The molecule has 0 aliphatic carbocycles. The maximum Gasteiger partial charge on any atom is 0.323 e. The van der Waals surface area contributed by atoms with Gasteiger partial charge in [0, 0.05) is 28.7 Å². The summed E-state index contributed by atoms with van der Waals surface area (Å²) in [6, 6.07) is 18.8. The van der Waals surface area contributed by atoms with E-state index in [1.54, 1.807) is 65.3 Å². The van der Waals surface area contributed by atoms with Gasteiger partial charge in [0.25, 0.3) is 0 Å². The predicted molar refractivity (Wildman–Crippen MR) is 115 cm³/mol. The molecule has 0 aliphatic rings. The van der Waals surface area contributed by atoms with Gasteiger partial charge in [0.15, 0.2) is 5.82 Å². The van der Waals surface area contributed by atoms with Crippen LogP contribution in [-0.4, -0.2) is 26.0 Å². The largest absolute Gasteiger partial charge is 0.438 e. The number of aromatic nitrogens is 4. The van der Waals surface area contributed by atoms with Crippen molar-refractivity contribution in [3.8, 4) is 17.4 Å². The average Bonchev–Trinajstić information content (AvgIpc) is 3.18. The first kappa shape index (κ1) is 19.4. The van der Waals surface area contributed by atoms with Gasteiger partial charge in [0.05, 0.1) is 5.69 Å². The van der Waals surface area contributed by atoms with Crippen molar-refractivity contribution in [3.05, 3.63) is 83.6 Å². The first-order valence-electron chi connectivity index (χ1n) is 9.03. The van der Waals surface area contributed by atoms with Crippen molar-refractivity contribution in [2.75, 3.05) is 10.6 Å². The maximum atomic E-state index is 12.1. The van der Waals surface area contributed by atoms with Crippen molar-refractivity contribution < 1.29 is 9.53 Å². The number of amides is 2. The van der Waals surface area contributed by atoms with Crippen LogP contribution in [-0.2, 0) is 0 Å². The zero-order chi connectivity index (χ0) is 20.9. The molecule has 2 amide bonds. The molecule has 2 aromatic carbocycles. The minimum absolute atomic E-state index is 0.351. The van der Waals surface area contributed by atoms with Gasteiger partial charge in [-0.1, -0.05) is 11.6 Å². The van der Waals surface area contributed by atoms with Crippen molar-refractivity contribution in [1.29, 1.82) is 0 Å². The molecule has 0 aliphatic heterocycles. The summed E-state index contributed by atoms with van der Waals surface area (Å²) in [4.78, 5) is 12.1. The van der Waals surface area contributed by atoms with Crippen LogP contribution in [0.3, 0.4) is 0 Å². The van der Waals surface area contributed by atoms with Gasteiger partial charge < -0.3 is 15.4 Å². The van der Waals surface area contributed by atoms with Crippen LogP contribution in [0.1, 0.15) is 5.69 Å². The third-order valence-electron chi connectivity index (χ3n) is 4.02. The number of carbonyl (C=O) groups excluding carboxylic acids is 1. The molecule has 0 fully saturated rings. The molecule has 4 aromatic rings. The number of benzene rings is 2. The molecule has 0 atom stereocenters. The number of carbonyl (C=O) groups is 1. The van der Waals surface area contributed by atoms with Crippen molar-refractivity contribution in [3.63, 3.8) is 0 Å². The van der Waals surface area contributed by atoms with E-state index in [0.717, 1.165) is 5.69 Å². The molecular weight excluding hydrogens is 404 g/mol. The Morgan fingerprint density at radius 2 is 1.57 bits per heavy atom. The highest BCUT2D eigenvalue weighted by atomic mass is 35.5. The molecule has 0 saturated carbocycles. The summed E-state index contributed by atoms with van der Waals surface area (Å²) < 4.78 is 7.34. The van der Waals surface area contributed by atoms with Crippen LogP contribution in [0.2, 0.25) is 5.02 Å². The number of hydrogen-bond donors (Lipinski definition) is 2. The van der Waals surface area contributed by atoms with Crippen LogP contribution in [0.15, 0.2) is 72.9 Å². The minimum atomic E-state index is -0.360. The lowest BCUT2D eigenvalue weighted by atomic mass is 10.3. The first-order valence-corrected chi connectivity index (χ1v) is 9.41. The molecule has 4 rings (SSSR count). The second-order valence-corrected chi connectivity index (χ2v) is 6.78. The van der Waals surface area contributed by atoms with Crippen LogP contribution in [0.5, 0.6) is 11.6 Å². The third kappa shape index (κ3) is 4.92. The molecule has 30 heavy (non-hydrogen) atoms. The summed E-state index contributed by atoms with van der Waals surface area (Å²) >= 11 is 5.84. The van der Waals surface area contributed by atoms with E-state index < -0.39 is 0 Å². The molecule has 0 spiro atoms. The van der Waals surface area contributed by atoms with Crippen molar-refractivity contribution in [2.24, 2.45) is 0 Å². The molecule has 8 nitrogen and oxygen atoms in total. The number of urea groups is 1. The number of aryl methyl sites for hydroxylation is 1. The normalized spacial score (nSPS) is 10.5. The summed E-state index contributed by atoms with van der Waals surface area (Å²) in [5.41, 5.74) is 2.15. The Morgan fingerprint density at radius 1 is 0.900 bits per heavy atom. The second-order valence-electron chi connectivity index (χ2n) is 6.34. The highest BCUT2D eigenvalue weighted by molar-refractivity contribution is 6.30. The van der Waals surface area contributed by atoms with Gasteiger partial charge >= 0.3 is 6.03 Å². The quantitative estimate of drug-likeness (QED) is 0.470. The van der Waals surface area contributed by atoms with Crippen LogP contribution in [0.4, 0.5) is 16.2 Å². The molecule has 2 aromatic heterocycles. The van der Waals surface area contributed by atoms with Gasteiger partial charge in [-0.25, -0.2) is 9.48 Å². The van der Waals surface area contributed by atoms with E-state index in [2.05, 4.69) is 25.9 Å². The van der Waals surface area contributed by atoms with E-state index in [9.17, 15) is 4.79 Å². The summed E-state index contributed by atoms with van der Waals surface area (Å²) in [5.74, 6) is 1.51. The second kappa shape index (κ2) is 8.62. The Balaban J connectivity index is 1.34. The molecule has 0 radical (unpaired) electrons. The van der Waals surface area contributed by atoms with Crippen molar-refractivity contribution in [2.45, 2.75) is 6.92 Å². The van der Waals surface area contributed by atoms with E-state index in [1.807, 2.05) is 19.2 Å². The SMILES string of the molecule is Cc1ccn(-c2ccc(Oc3ccc(NC(=O)Nc4ccc(Cl)cc4)cc3)nn2)n1. The lowest BCUT2D eigenvalue weighted by Gasteiger charge is -2.09. The highest BCUT2D eigenvalue weighted by Crippen LogP contribution is 2.22. The van der Waals surface area contributed by atoms with Gasteiger partial charge in [-0.2, -0.15) is 5.10 Å². The molecule has 150 valence electrons. The van der Waals surface area contributed by atoms with Gasteiger partial charge in [0.2, 0.25) is 5.88 Å². The molecule has 0 bridgehead atoms. The molecule has 0 unspecified atom stereocenters. The van der Waals surface area contributed by atoms with E-state index in [4.69, 9.17) is 16.3 Å². The predicted octanol–water partition coefficient (Wildman–Crippen LogP) is 5.06. The van der Waals surface area contributed by atoms with Crippen molar-refractivity contribution in [1.82, 2.24) is 20.0 Å². The first-order chi connectivity index (χ1) is 14.5. The Kier molecular flexibility index (Phi) is 5.58. The lowest BCUT2D eigenvalue weighted by molar-refractivity contribution is 0.262. The van der Waals surface area contributed by atoms with Crippen LogP contribution in [0.25, 0.3) is 5.82 Å². The van der Waals surface area contributed by atoms with Gasteiger partial charge in [-0.15, -0.1) is 10.2 Å². The highest BCUT2D eigenvalue weighted by Gasteiger charge is 2.06. The maximum absolute atomic E-state index is 12.1. The molecule has 9 heteroatoms. The number of nitrogens with zero attached hydrogens (tertiary/aromatic N) is 4. The number of anilines is 2. The fourth-order valence-electron chi connectivity index (χ4n) is 2.59. The molecule has 2 heterocycles. The van der Waals surface area contributed by atoms with Gasteiger partial charge in [-0.3, -0.25) is 0 Å². The van der Waals surface area contributed by atoms with Gasteiger partial charge in [-0.05, 0) is 67.6 Å². The van der Waals surface area contributed by atoms with E-state index in [-0.39, 0.29) is 6.03 Å². The molecular formula is C21H17ClN6O2. The average molecular weight is 421 g/mol. The summed E-state index contributed by atoms with van der Waals surface area (Å²) in [7, 11) is 0. The zero-order valence-electron chi connectivity index (χ0n) is 15.9. The minimum Gasteiger partial charge on any atom is -0.438 e. The van der Waals surface area contributed by atoms with Crippen LogP contribution < -0.4 is 15.4 Å². The van der Waals surface area contributed by atoms with E-state index >= 15 is 0 Å². The number of halogens is 1. The van der Waals surface area contributed by atoms with Crippen molar-refractivity contribution >= 4 is 29.0 Å². The monoisotopic (exact) mass is 420 g/mol. The Labute approximate surface area is 177 Å². The molecule has 2 N–H and O–H groups in total. The van der Waals surface area contributed by atoms with Gasteiger partial charge in [0.1, 0.15) is 5.75 Å². The summed E-state index contributed by atoms with van der Waals surface area (Å²) in [6.45, 7) is 1.90. The fraction of sp³-hybridized carbons (Fsp3) is 0.0476. The standard InChI is InChI=1S/C21H17ClN6O2/c1-14-12-13-28(27-14)19-10-11-20(26-25-19)30-18-8-6-17(7-9-18)24-21(29)23-16-4-2-15(22)3-5-16/h2-13H,1H3,(H2,23,24,29). The zero-order valence-corrected chi connectivity index (χ0v) is 16.7. The van der Waals surface area contributed by atoms with Crippen LogP contribution in [0, 0.1) is 6.92 Å². The summed E-state index contributed by atoms with van der Waals surface area (Å²) in [5, 5.41) is 18.5. The Hall–Kier alpha value is -3.91. The number of nitrogens with one attached hydrogen (secondary N) is 2. The number of hydrogen-bond acceptors (Lipinski definition) is 5. The van der Waals surface area contributed by atoms with E-state index in [0.29, 0.717) is 33.8 Å². The lowest BCUT2D eigenvalue weighted by Crippen LogP contribution is -2.19. The smallest absolute Gasteiger partial charge is 0.323 e. The summed E-state index contributed by atoms with van der Waals surface area (Å²) in [6.07, 6.45) is 1.81. The van der Waals surface area contributed by atoms with Crippen LogP contribution >= 0.6 is 11.6 Å². The topological polar surface area (TPSA) is 94.0 Å².